The maximum absolute atomic E-state index is 13.9. The molecule has 5 aromatic carbocycles. The van der Waals surface area contributed by atoms with E-state index in [0.29, 0.717) is 11.3 Å². The highest BCUT2D eigenvalue weighted by atomic mass is 32.2. The fourth-order valence-corrected chi connectivity index (χ4v) is 8.29. The van der Waals surface area contributed by atoms with Crippen molar-refractivity contribution in [2.24, 2.45) is 0 Å². The van der Waals surface area contributed by atoms with Gasteiger partial charge < -0.3 is 9.32 Å². The molecule has 0 radical (unpaired) electrons. The van der Waals surface area contributed by atoms with Crippen molar-refractivity contribution in [1.82, 2.24) is 0 Å². The molecule has 8 rings (SSSR count). The van der Waals surface area contributed by atoms with Crippen molar-refractivity contribution in [3.63, 3.8) is 0 Å². The van der Waals surface area contributed by atoms with Crippen LogP contribution in [0.1, 0.15) is 24.0 Å². The molecule has 0 atom stereocenters. The number of rotatable bonds is 5. The highest BCUT2D eigenvalue weighted by Crippen LogP contribution is 2.39. The standard InChI is InChI=1S/C39H31NO4S/c41-35-25-36(29-7-2-1-3-8-29)44-39-34(35)11-4-12-37(39)45(42,43)33-19-17-27(18-20-33)26-13-15-28(16-14-26)32-23-30-9-5-21-40-22-6-10-31(24-32)38(30)40/h1-4,7-8,11-20,23-25H,5-6,9-10,21-22H2. The largest absolute Gasteiger partial charge is 0.454 e. The maximum Gasteiger partial charge on any atom is 0.210 e. The van der Waals surface area contributed by atoms with Gasteiger partial charge in [0.05, 0.1) is 10.3 Å². The molecule has 0 spiro atoms. The Balaban J connectivity index is 1.10. The van der Waals surface area contributed by atoms with E-state index in [1.165, 1.54) is 66.0 Å². The van der Waals surface area contributed by atoms with Crippen LogP contribution in [0.3, 0.4) is 0 Å². The van der Waals surface area contributed by atoms with Gasteiger partial charge in [0.25, 0.3) is 0 Å². The van der Waals surface area contributed by atoms with Crippen LogP contribution in [0.5, 0.6) is 0 Å². The molecule has 1 aromatic heterocycles. The molecular formula is C39H31NO4S. The number of benzene rings is 5. The first-order chi connectivity index (χ1) is 22.0. The summed E-state index contributed by atoms with van der Waals surface area (Å²) in [4.78, 5) is 15.6. The number of aryl methyl sites for hydroxylation is 2. The van der Waals surface area contributed by atoms with E-state index < -0.39 is 9.84 Å². The Morgan fingerprint density at radius 3 is 1.84 bits per heavy atom. The van der Waals surface area contributed by atoms with Crippen LogP contribution in [0.25, 0.3) is 44.5 Å². The van der Waals surface area contributed by atoms with E-state index in [-0.39, 0.29) is 26.2 Å². The van der Waals surface area contributed by atoms with Gasteiger partial charge in [-0.1, -0.05) is 72.8 Å². The summed E-state index contributed by atoms with van der Waals surface area (Å²) in [6.45, 7) is 2.34. The average Bonchev–Trinajstić information content (AvgIpc) is 3.09. The van der Waals surface area contributed by atoms with Crippen molar-refractivity contribution in [1.29, 1.82) is 0 Å². The van der Waals surface area contributed by atoms with Crippen LogP contribution in [0.4, 0.5) is 5.69 Å². The van der Waals surface area contributed by atoms with Crippen LogP contribution < -0.4 is 10.3 Å². The van der Waals surface area contributed by atoms with Crippen molar-refractivity contribution in [2.45, 2.75) is 35.5 Å². The van der Waals surface area contributed by atoms with Gasteiger partial charge in [0.1, 0.15) is 10.7 Å². The summed E-state index contributed by atoms with van der Waals surface area (Å²) in [6, 6.07) is 35.4. The summed E-state index contributed by atoms with van der Waals surface area (Å²) >= 11 is 0. The SMILES string of the molecule is O=c1cc(-c2ccccc2)oc2c(S(=O)(=O)c3ccc(-c4ccc(-c5cc6c7c(c5)CCCN7CCC6)cc4)cc3)cccc12. The van der Waals surface area contributed by atoms with Gasteiger partial charge in [0, 0.05) is 30.4 Å². The monoisotopic (exact) mass is 609 g/mol. The second-order valence-electron chi connectivity index (χ2n) is 11.9. The van der Waals surface area contributed by atoms with E-state index in [9.17, 15) is 13.2 Å². The van der Waals surface area contributed by atoms with Crippen molar-refractivity contribution >= 4 is 26.5 Å². The Hall–Kier alpha value is -4.94. The smallest absolute Gasteiger partial charge is 0.210 e. The molecule has 0 unspecified atom stereocenters. The van der Waals surface area contributed by atoms with Gasteiger partial charge in [-0.2, -0.15) is 0 Å². The summed E-state index contributed by atoms with van der Waals surface area (Å²) in [5.74, 6) is 0.325. The molecule has 6 heteroatoms. The third-order valence-electron chi connectivity index (χ3n) is 9.11. The maximum atomic E-state index is 13.9. The van der Waals surface area contributed by atoms with Crippen LogP contribution in [0.15, 0.2) is 134 Å². The van der Waals surface area contributed by atoms with Gasteiger partial charge in [-0.05, 0) is 95.5 Å². The third-order valence-corrected chi connectivity index (χ3v) is 10.9. The number of anilines is 1. The zero-order valence-corrected chi connectivity index (χ0v) is 25.5. The van der Waals surface area contributed by atoms with Gasteiger partial charge in [-0.25, -0.2) is 8.42 Å². The number of sulfone groups is 1. The molecule has 0 saturated heterocycles. The fourth-order valence-electron chi connectivity index (χ4n) is 6.89. The molecule has 2 aliphatic heterocycles. The second-order valence-corrected chi connectivity index (χ2v) is 13.8. The van der Waals surface area contributed by atoms with Crippen LogP contribution in [0.2, 0.25) is 0 Å². The number of fused-ring (bicyclic) bond motifs is 1. The van der Waals surface area contributed by atoms with Crippen molar-refractivity contribution in [3.05, 3.63) is 137 Å². The number of nitrogens with zero attached hydrogens (tertiary/aromatic N) is 1. The van der Waals surface area contributed by atoms with Gasteiger partial charge in [-0.3, -0.25) is 4.79 Å². The van der Waals surface area contributed by atoms with Gasteiger partial charge >= 0.3 is 0 Å². The highest BCUT2D eigenvalue weighted by molar-refractivity contribution is 7.91. The summed E-state index contributed by atoms with van der Waals surface area (Å²) in [5.41, 5.74) is 9.27. The van der Waals surface area contributed by atoms with Crippen LogP contribution in [-0.2, 0) is 22.7 Å². The first kappa shape index (κ1) is 27.6. The Bertz CT molecular complexity index is 2210. The lowest BCUT2D eigenvalue weighted by atomic mass is 9.88. The van der Waals surface area contributed by atoms with Crippen molar-refractivity contribution < 1.29 is 12.8 Å². The van der Waals surface area contributed by atoms with Gasteiger partial charge in [0.15, 0.2) is 11.0 Å². The Labute approximate surface area is 262 Å². The van der Waals surface area contributed by atoms with Crippen molar-refractivity contribution in [3.8, 4) is 33.6 Å². The molecule has 0 saturated carbocycles. The molecule has 6 aromatic rings. The topological polar surface area (TPSA) is 67.6 Å². The summed E-state index contributed by atoms with van der Waals surface area (Å²) in [5, 5.41) is 0.230. The van der Waals surface area contributed by atoms with E-state index in [1.54, 1.807) is 24.3 Å². The molecular weight excluding hydrogens is 578 g/mol. The molecule has 0 aliphatic carbocycles. The minimum atomic E-state index is -3.97. The van der Waals surface area contributed by atoms with Crippen LogP contribution >= 0.6 is 0 Å². The average molecular weight is 610 g/mol. The lowest BCUT2D eigenvalue weighted by Gasteiger charge is -2.37. The first-order valence-corrected chi connectivity index (χ1v) is 16.9. The normalized spacial score (nSPS) is 14.4. The first-order valence-electron chi connectivity index (χ1n) is 15.4. The number of hydrogen-bond acceptors (Lipinski definition) is 5. The van der Waals surface area contributed by atoms with Gasteiger partial charge in [-0.15, -0.1) is 0 Å². The molecule has 2 aliphatic rings. The molecule has 0 N–H and O–H groups in total. The predicted octanol–water partition coefficient (Wildman–Crippen LogP) is 8.33. The van der Waals surface area contributed by atoms with E-state index in [4.69, 9.17) is 4.42 Å². The number of para-hydroxylation sites is 1. The molecule has 5 nitrogen and oxygen atoms in total. The van der Waals surface area contributed by atoms with Crippen LogP contribution in [0, 0.1) is 0 Å². The quantitative estimate of drug-likeness (QED) is 0.197. The highest BCUT2D eigenvalue weighted by Gasteiger charge is 2.25. The lowest BCUT2D eigenvalue weighted by molar-refractivity contribution is 0.585. The molecule has 222 valence electrons. The number of hydrogen-bond donors (Lipinski definition) is 0. The Morgan fingerprint density at radius 1 is 0.600 bits per heavy atom. The lowest BCUT2D eigenvalue weighted by Crippen LogP contribution is -2.34. The summed E-state index contributed by atoms with van der Waals surface area (Å²) in [6.07, 6.45) is 4.70. The van der Waals surface area contributed by atoms with E-state index in [0.717, 1.165) is 24.0 Å². The third kappa shape index (κ3) is 4.86. The van der Waals surface area contributed by atoms with E-state index in [1.807, 2.05) is 42.5 Å². The van der Waals surface area contributed by atoms with Crippen molar-refractivity contribution in [2.75, 3.05) is 18.0 Å². The van der Waals surface area contributed by atoms with Gasteiger partial charge in [0.2, 0.25) is 9.84 Å². The zero-order valence-electron chi connectivity index (χ0n) is 24.7. The molecule has 45 heavy (non-hydrogen) atoms. The molecule has 0 fully saturated rings. The van der Waals surface area contributed by atoms with E-state index in [2.05, 4.69) is 41.3 Å². The van der Waals surface area contributed by atoms with E-state index >= 15 is 0 Å². The zero-order chi connectivity index (χ0) is 30.5. The van der Waals surface area contributed by atoms with Crippen LogP contribution in [-0.4, -0.2) is 21.5 Å². The fraction of sp³-hybridized carbons (Fsp3) is 0.154. The summed E-state index contributed by atoms with van der Waals surface area (Å²) < 4.78 is 33.8. The second kappa shape index (κ2) is 10.9. The Morgan fingerprint density at radius 2 is 1.20 bits per heavy atom. The Kier molecular flexibility index (Phi) is 6.68. The minimum Gasteiger partial charge on any atom is -0.454 e. The predicted molar refractivity (Wildman–Crippen MR) is 180 cm³/mol. The minimum absolute atomic E-state index is 0.0285. The molecule has 0 bridgehead atoms. The molecule has 3 heterocycles. The molecule has 0 amide bonds. The summed E-state index contributed by atoms with van der Waals surface area (Å²) in [7, 11) is -3.97.